The van der Waals surface area contributed by atoms with E-state index in [4.69, 9.17) is 11.6 Å². The second-order valence-corrected chi connectivity index (χ2v) is 9.13. The van der Waals surface area contributed by atoms with Crippen LogP contribution in [0, 0.1) is 0 Å². The van der Waals surface area contributed by atoms with Crippen molar-refractivity contribution in [2.45, 2.75) is 50.9 Å². The van der Waals surface area contributed by atoms with Crippen molar-refractivity contribution >= 4 is 17.5 Å². The van der Waals surface area contributed by atoms with E-state index >= 15 is 0 Å². The van der Waals surface area contributed by atoms with Gasteiger partial charge in [-0.05, 0) is 55.8 Å². The van der Waals surface area contributed by atoms with Crippen molar-refractivity contribution in [3.05, 3.63) is 75.2 Å². The van der Waals surface area contributed by atoms with Gasteiger partial charge in [-0.3, -0.25) is 9.36 Å². The summed E-state index contributed by atoms with van der Waals surface area (Å²) in [6.07, 6.45) is -12.5. The van der Waals surface area contributed by atoms with Gasteiger partial charge in [-0.2, -0.15) is 26.3 Å². The molecule has 0 aliphatic rings. The highest BCUT2D eigenvalue weighted by Crippen LogP contribution is 2.32. The van der Waals surface area contributed by atoms with Gasteiger partial charge in [-0.15, -0.1) is 5.10 Å². The highest BCUT2D eigenvalue weighted by Gasteiger charge is 2.39. The normalized spacial score (nSPS) is 13.5. The average Bonchev–Trinajstić information content (AvgIpc) is 3.08. The van der Waals surface area contributed by atoms with Gasteiger partial charge in [0.15, 0.2) is 11.9 Å². The maximum absolute atomic E-state index is 13.1. The summed E-state index contributed by atoms with van der Waals surface area (Å²) in [6, 6.07) is 9.92. The van der Waals surface area contributed by atoms with E-state index in [9.17, 15) is 41.0 Å². The van der Waals surface area contributed by atoms with E-state index in [0.29, 0.717) is 14.3 Å². The summed E-state index contributed by atoms with van der Waals surface area (Å²) in [5.74, 6) is -1.09. The fourth-order valence-corrected chi connectivity index (χ4v) is 3.60. The molecule has 200 valence electrons. The SMILES string of the molecule is CC(C)(NC(=O)Cn1nc(-c2ccc(Cl)cc2)n(C[C@H](O)C(F)(F)F)c1=O)c1cccc(C(F)(F)F)c1. The lowest BCUT2D eigenvalue weighted by Crippen LogP contribution is -2.44. The monoisotopic (exact) mass is 550 g/mol. The molecule has 0 saturated carbocycles. The van der Waals surface area contributed by atoms with Crippen LogP contribution >= 0.6 is 11.6 Å². The first-order valence-corrected chi connectivity index (χ1v) is 11.0. The molecule has 0 spiro atoms. The lowest BCUT2D eigenvalue weighted by molar-refractivity contribution is -0.207. The van der Waals surface area contributed by atoms with Crippen molar-refractivity contribution in [3.63, 3.8) is 0 Å². The number of amides is 1. The summed E-state index contributed by atoms with van der Waals surface area (Å²) in [5.41, 5.74) is -3.02. The molecule has 0 bridgehead atoms. The van der Waals surface area contributed by atoms with Gasteiger partial charge >= 0.3 is 18.0 Å². The van der Waals surface area contributed by atoms with Crippen molar-refractivity contribution in [2.75, 3.05) is 0 Å². The van der Waals surface area contributed by atoms with Gasteiger partial charge in [-0.1, -0.05) is 23.7 Å². The molecule has 2 N–H and O–H groups in total. The Balaban J connectivity index is 1.91. The summed E-state index contributed by atoms with van der Waals surface area (Å²) in [5, 5.41) is 16.3. The Kier molecular flexibility index (Phi) is 7.80. The first-order chi connectivity index (χ1) is 17.0. The van der Waals surface area contributed by atoms with E-state index in [1.807, 2.05) is 0 Å². The molecule has 7 nitrogen and oxygen atoms in total. The van der Waals surface area contributed by atoms with Gasteiger partial charge in [0.05, 0.1) is 17.6 Å². The number of nitrogens with one attached hydrogen (secondary N) is 1. The Morgan fingerprint density at radius 2 is 1.65 bits per heavy atom. The van der Waals surface area contributed by atoms with Gasteiger partial charge in [0.1, 0.15) is 6.54 Å². The molecule has 1 heterocycles. The van der Waals surface area contributed by atoms with Crippen molar-refractivity contribution in [1.82, 2.24) is 19.7 Å². The van der Waals surface area contributed by atoms with Crippen LogP contribution in [-0.4, -0.2) is 37.6 Å². The third-order valence-electron chi connectivity index (χ3n) is 5.42. The summed E-state index contributed by atoms with van der Waals surface area (Å²) in [4.78, 5) is 25.6. The van der Waals surface area contributed by atoms with Crippen LogP contribution in [0.1, 0.15) is 25.0 Å². The number of aliphatic hydroxyl groups is 1. The number of alkyl halides is 6. The van der Waals surface area contributed by atoms with Crippen molar-refractivity contribution in [3.8, 4) is 11.4 Å². The zero-order chi connectivity index (χ0) is 27.8. The largest absolute Gasteiger partial charge is 0.416 e. The molecule has 0 aliphatic carbocycles. The maximum Gasteiger partial charge on any atom is 0.416 e. The van der Waals surface area contributed by atoms with Crippen LogP contribution in [0.5, 0.6) is 0 Å². The Morgan fingerprint density at radius 1 is 1.05 bits per heavy atom. The fraction of sp³-hybridized carbons (Fsp3) is 0.348. The minimum atomic E-state index is -5.02. The van der Waals surface area contributed by atoms with Crippen LogP contribution in [0.25, 0.3) is 11.4 Å². The molecule has 0 radical (unpaired) electrons. The standard InChI is InChI=1S/C23H21ClF6N4O3/c1-21(2,14-4-3-5-15(10-14)22(25,26)27)31-18(36)12-34-20(37)33(11-17(35)23(28,29)30)19(32-34)13-6-8-16(24)9-7-13/h3-10,17,35H,11-12H2,1-2H3,(H,31,36)/t17-/m0/s1. The Morgan fingerprint density at radius 3 is 2.22 bits per heavy atom. The predicted octanol–water partition coefficient (Wildman–Crippen LogP) is 4.36. The fourth-order valence-electron chi connectivity index (χ4n) is 3.48. The van der Waals surface area contributed by atoms with E-state index in [0.717, 1.165) is 12.1 Å². The number of carbonyl (C=O) groups excluding carboxylic acids is 1. The summed E-state index contributed by atoms with van der Waals surface area (Å²) in [6.45, 7) is 0.954. The third kappa shape index (κ3) is 6.72. The summed E-state index contributed by atoms with van der Waals surface area (Å²) < 4.78 is 79.4. The molecular formula is C23H21ClF6N4O3. The molecule has 0 aliphatic heterocycles. The van der Waals surface area contributed by atoms with Gasteiger partial charge in [0, 0.05) is 10.6 Å². The van der Waals surface area contributed by atoms with Gasteiger partial charge in [0.25, 0.3) is 0 Å². The van der Waals surface area contributed by atoms with Crippen LogP contribution in [0.2, 0.25) is 5.02 Å². The second kappa shape index (κ2) is 10.2. The molecule has 3 rings (SSSR count). The predicted molar refractivity (Wildman–Crippen MR) is 122 cm³/mol. The number of hydrogen-bond acceptors (Lipinski definition) is 4. The molecule has 2 aromatic carbocycles. The molecule has 0 saturated heterocycles. The highest BCUT2D eigenvalue weighted by molar-refractivity contribution is 6.30. The number of carbonyl (C=O) groups is 1. The average molecular weight is 551 g/mol. The van der Waals surface area contributed by atoms with Crippen molar-refractivity contribution < 1.29 is 36.2 Å². The molecule has 1 amide bonds. The van der Waals surface area contributed by atoms with E-state index in [-0.39, 0.29) is 17.0 Å². The van der Waals surface area contributed by atoms with Crippen molar-refractivity contribution in [1.29, 1.82) is 0 Å². The summed E-state index contributed by atoms with van der Waals surface area (Å²) in [7, 11) is 0. The van der Waals surface area contributed by atoms with Crippen LogP contribution in [0.15, 0.2) is 53.3 Å². The smallest absolute Gasteiger partial charge is 0.382 e. The minimum absolute atomic E-state index is 0.128. The number of nitrogens with zero attached hydrogens (tertiary/aromatic N) is 3. The molecule has 37 heavy (non-hydrogen) atoms. The number of benzene rings is 2. The van der Waals surface area contributed by atoms with E-state index < -0.39 is 54.2 Å². The zero-order valence-electron chi connectivity index (χ0n) is 19.4. The van der Waals surface area contributed by atoms with Gasteiger partial charge in [0.2, 0.25) is 5.91 Å². The van der Waals surface area contributed by atoms with Crippen LogP contribution in [-0.2, 0) is 29.6 Å². The van der Waals surface area contributed by atoms with Crippen molar-refractivity contribution in [2.24, 2.45) is 0 Å². The molecule has 1 aromatic heterocycles. The van der Waals surface area contributed by atoms with Gasteiger partial charge in [-0.25, -0.2) is 9.48 Å². The van der Waals surface area contributed by atoms with Crippen LogP contribution < -0.4 is 11.0 Å². The lowest BCUT2D eigenvalue weighted by atomic mass is 9.92. The third-order valence-corrected chi connectivity index (χ3v) is 5.67. The Labute approximate surface area is 211 Å². The summed E-state index contributed by atoms with van der Waals surface area (Å²) >= 11 is 5.84. The van der Waals surface area contributed by atoms with Crippen LogP contribution in [0.3, 0.4) is 0 Å². The quantitative estimate of drug-likeness (QED) is 0.428. The Hall–Kier alpha value is -3.32. The van der Waals surface area contributed by atoms with E-state index in [2.05, 4.69) is 10.4 Å². The molecule has 0 unspecified atom stereocenters. The zero-order valence-corrected chi connectivity index (χ0v) is 20.1. The molecule has 3 aromatic rings. The number of rotatable bonds is 7. The minimum Gasteiger partial charge on any atom is -0.382 e. The highest BCUT2D eigenvalue weighted by atomic mass is 35.5. The van der Waals surface area contributed by atoms with E-state index in [1.54, 1.807) is 0 Å². The number of halogens is 7. The van der Waals surface area contributed by atoms with Crippen LogP contribution in [0.4, 0.5) is 26.3 Å². The molecule has 1 atom stereocenters. The molecule has 0 fully saturated rings. The lowest BCUT2D eigenvalue weighted by Gasteiger charge is -2.27. The van der Waals surface area contributed by atoms with Gasteiger partial charge < -0.3 is 10.4 Å². The van der Waals surface area contributed by atoms with E-state index in [1.165, 1.54) is 50.2 Å². The Bertz CT molecular complexity index is 1330. The first kappa shape index (κ1) is 28.3. The first-order valence-electron chi connectivity index (χ1n) is 10.7. The maximum atomic E-state index is 13.1. The number of aliphatic hydroxyl groups excluding tert-OH is 1. The second-order valence-electron chi connectivity index (χ2n) is 8.69. The molecular weight excluding hydrogens is 530 g/mol. The molecule has 14 heteroatoms. The number of aromatic nitrogens is 3. The topological polar surface area (TPSA) is 89.2 Å². The number of hydrogen-bond donors (Lipinski definition) is 2.